The monoisotopic (exact) mass is 339 g/mol. The number of aromatic nitrogens is 1. The molecule has 0 radical (unpaired) electrons. The molecular weight excluding hydrogens is 318 g/mol. The summed E-state index contributed by atoms with van der Waals surface area (Å²) >= 11 is 1.33. The SMILES string of the molecule is CC1(C)CC1(C(=O)O)C(=O)Nc1nc(CN2CCOCC2)cs1. The van der Waals surface area contributed by atoms with E-state index in [4.69, 9.17) is 4.74 Å². The molecule has 2 heterocycles. The highest BCUT2D eigenvalue weighted by Crippen LogP contribution is 2.64. The van der Waals surface area contributed by atoms with E-state index in [1.807, 2.05) is 5.38 Å². The summed E-state index contributed by atoms with van der Waals surface area (Å²) in [5.74, 6) is -1.53. The lowest BCUT2D eigenvalue weighted by Gasteiger charge is -2.25. The van der Waals surface area contributed by atoms with Crippen molar-refractivity contribution in [1.29, 1.82) is 0 Å². The number of aliphatic carboxylic acids is 1. The number of carbonyl (C=O) groups is 2. The number of nitrogens with zero attached hydrogens (tertiary/aromatic N) is 2. The minimum absolute atomic E-state index is 0.354. The first-order chi connectivity index (χ1) is 10.8. The van der Waals surface area contributed by atoms with Gasteiger partial charge >= 0.3 is 5.97 Å². The zero-order valence-electron chi connectivity index (χ0n) is 13.3. The Morgan fingerprint density at radius 2 is 2.09 bits per heavy atom. The second-order valence-electron chi connectivity index (χ2n) is 6.76. The van der Waals surface area contributed by atoms with Crippen LogP contribution in [0.3, 0.4) is 0 Å². The maximum Gasteiger partial charge on any atom is 0.319 e. The van der Waals surface area contributed by atoms with Crippen LogP contribution in [0.25, 0.3) is 0 Å². The normalized spacial score (nSPS) is 26.7. The van der Waals surface area contributed by atoms with Crippen LogP contribution in [0.1, 0.15) is 26.0 Å². The van der Waals surface area contributed by atoms with Crippen molar-refractivity contribution in [3.63, 3.8) is 0 Å². The van der Waals surface area contributed by atoms with Crippen molar-refractivity contribution in [2.75, 3.05) is 31.6 Å². The van der Waals surface area contributed by atoms with E-state index in [2.05, 4.69) is 15.2 Å². The molecule has 23 heavy (non-hydrogen) atoms. The summed E-state index contributed by atoms with van der Waals surface area (Å²) in [6.45, 7) is 7.50. The van der Waals surface area contributed by atoms with Crippen LogP contribution in [-0.2, 0) is 20.9 Å². The van der Waals surface area contributed by atoms with Gasteiger partial charge in [-0.1, -0.05) is 13.8 Å². The molecule has 0 bridgehead atoms. The minimum Gasteiger partial charge on any atom is -0.480 e. The molecule has 1 atom stereocenters. The van der Waals surface area contributed by atoms with Gasteiger partial charge in [-0.25, -0.2) is 4.98 Å². The van der Waals surface area contributed by atoms with Gasteiger partial charge in [-0.15, -0.1) is 11.3 Å². The molecule has 8 heteroatoms. The lowest BCUT2D eigenvalue weighted by molar-refractivity contribution is -0.149. The number of ether oxygens (including phenoxy) is 1. The number of hydrogen-bond acceptors (Lipinski definition) is 6. The number of thiazole rings is 1. The number of amides is 1. The largest absolute Gasteiger partial charge is 0.480 e. The van der Waals surface area contributed by atoms with Gasteiger partial charge in [0.05, 0.1) is 18.9 Å². The van der Waals surface area contributed by atoms with Gasteiger partial charge in [0.15, 0.2) is 10.5 Å². The molecule has 1 aromatic heterocycles. The Balaban J connectivity index is 1.63. The highest BCUT2D eigenvalue weighted by Gasteiger charge is 2.72. The average Bonchev–Trinajstić information content (AvgIpc) is 2.85. The maximum atomic E-state index is 12.4. The van der Waals surface area contributed by atoms with E-state index in [-0.39, 0.29) is 0 Å². The number of nitrogens with one attached hydrogen (secondary N) is 1. The van der Waals surface area contributed by atoms with Gasteiger partial charge in [-0.3, -0.25) is 14.5 Å². The lowest BCUT2D eigenvalue weighted by Crippen LogP contribution is -2.36. The Morgan fingerprint density at radius 3 is 2.65 bits per heavy atom. The molecule has 3 rings (SSSR count). The number of carboxylic acid groups (broad SMARTS) is 1. The number of morpholine rings is 1. The van der Waals surface area contributed by atoms with Crippen LogP contribution in [0.4, 0.5) is 5.13 Å². The maximum absolute atomic E-state index is 12.4. The fourth-order valence-electron chi connectivity index (χ4n) is 3.10. The second-order valence-corrected chi connectivity index (χ2v) is 7.62. The van der Waals surface area contributed by atoms with Crippen molar-refractivity contribution in [3.05, 3.63) is 11.1 Å². The van der Waals surface area contributed by atoms with Gasteiger partial charge in [-0.05, 0) is 11.8 Å². The molecule has 2 aliphatic rings. The van der Waals surface area contributed by atoms with Crippen molar-refractivity contribution < 1.29 is 19.4 Å². The van der Waals surface area contributed by atoms with Crippen molar-refractivity contribution in [2.24, 2.45) is 10.8 Å². The molecule has 7 nitrogen and oxygen atoms in total. The van der Waals surface area contributed by atoms with E-state index in [0.717, 1.165) is 32.0 Å². The summed E-state index contributed by atoms with van der Waals surface area (Å²) in [6, 6.07) is 0. The third-order valence-electron chi connectivity index (χ3n) is 4.75. The van der Waals surface area contributed by atoms with Crippen LogP contribution in [0.5, 0.6) is 0 Å². The highest BCUT2D eigenvalue weighted by atomic mass is 32.1. The standard InChI is InChI=1S/C15H21N3O4S/c1-14(2)9-15(14,12(20)21)11(19)17-13-16-10(8-23-13)7-18-3-5-22-6-4-18/h8H,3-7,9H2,1-2H3,(H,20,21)(H,16,17,19). The predicted molar refractivity (Wildman–Crippen MR) is 85.3 cm³/mol. The van der Waals surface area contributed by atoms with E-state index >= 15 is 0 Å². The fraction of sp³-hybridized carbons (Fsp3) is 0.667. The van der Waals surface area contributed by atoms with E-state index in [9.17, 15) is 14.7 Å². The second kappa shape index (κ2) is 5.85. The lowest BCUT2D eigenvalue weighted by atomic mass is 9.95. The molecule has 1 unspecified atom stereocenters. The molecule has 1 saturated heterocycles. The Bertz CT molecular complexity index is 624. The number of hydrogen-bond donors (Lipinski definition) is 2. The highest BCUT2D eigenvalue weighted by molar-refractivity contribution is 7.13. The first kappa shape index (κ1) is 16.4. The molecule has 0 aromatic carbocycles. The van der Waals surface area contributed by atoms with Crippen LogP contribution in [0, 0.1) is 10.8 Å². The van der Waals surface area contributed by atoms with Crippen molar-refractivity contribution in [1.82, 2.24) is 9.88 Å². The van der Waals surface area contributed by atoms with E-state index in [0.29, 0.717) is 18.1 Å². The number of rotatable bonds is 5. The van der Waals surface area contributed by atoms with E-state index in [1.54, 1.807) is 13.8 Å². The molecular formula is C15H21N3O4S. The fourth-order valence-corrected chi connectivity index (χ4v) is 3.79. The Morgan fingerprint density at radius 1 is 1.43 bits per heavy atom. The summed E-state index contributed by atoms with van der Waals surface area (Å²) in [7, 11) is 0. The zero-order chi connectivity index (χ0) is 16.7. The molecule has 1 saturated carbocycles. The number of anilines is 1. The van der Waals surface area contributed by atoms with Crippen molar-refractivity contribution >= 4 is 28.3 Å². The predicted octanol–water partition coefficient (Wildman–Crippen LogP) is 1.41. The van der Waals surface area contributed by atoms with Gasteiger partial charge in [0.1, 0.15) is 0 Å². The van der Waals surface area contributed by atoms with Crippen molar-refractivity contribution in [2.45, 2.75) is 26.8 Å². The quantitative estimate of drug-likeness (QED) is 0.788. The topological polar surface area (TPSA) is 91.8 Å². The van der Waals surface area contributed by atoms with Gasteiger partial charge < -0.3 is 15.2 Å². The summed E-state index contributed by atoms with van der Waals surface area (Å²) in [4.78, 5) is 30.6. The van der Waals surface area contributed by atoms with Gasteiger partial charge in [0.2, 0.25) is 5.91 Å². The molecule has 1 amide bonds. The number of carboxylic acids is 1. The van der Waals surface area contributed by atoms with Crippen LogP contribution in [0.15, 0.2) is 5.38 Å². The molecule has 1 aromatic rings. The average molecular weight is 339 g/mol. The van der Waals surface area contributed by atoms with Crippen LogP contribution in [-0.4, -0.2) is 53.2 Å². The first-order valence-electron chi connectivity index (χ1n) is 7.64. The van der Waals surface area contributed by atoms with E-state index < -0.39 is 22.7 Å². The van der Waals surface area contributed by atoms with Gasteiger partial charge in [0.25, 0.3) is 0 Å². The Kier molecular flexibility index (Phi) is 4.16. The smallest absolute Gasteiger partial charge is 0.319 e. The van der Waals surface area contributed by atoms with Gasteiger partial charge in [-0.2, -0.15) is 0 Å². The molecule has 2 fully saturated rings. The summed E-state index contributed by atoms with van der Waals surface area (Å²) in [6.07, 6.45) is 0.354. The first-order valence-corrected chi connectivity index (χ1v) is 8.52. The Labute approximate surface area is 138 Å². The minimum atomic E-state index is -1.33. The zero-order valence-corrected chi connectivity index (χ0v) is 14.1. The molecule has 1 aliphatic heterocycles. The summed E-state index contributed by atoms with van der Waals surface area (Å²) in [5.41, 5.74) is -0.966. The Hall–Kier alpha value is -1.51. The molecule has 2 N–H and O–H groups in total. The van der Waals surface area contributed by atoms with Crippen LogP contribution in [0.2, 0.25) is 0 Å². The van der Waals surface area contributed by atoms with Crippen LogP contribution < -0.4 is 5.32 Å². The number of carbonyl (C=O) groups excluding carboxylic acids is 1. The van der Waals surface area contributed by atoms with Gasteiger partial charge in [0, 0.05) is 25.0 Å². The van der Waals surface area contributed by atoms with Crippen LogP contribution >= 0.6 is 11.3 Å². The molecule has 0 spiro atoms. The van der Waals surface area contributed by atoms with Crippen molar-refractivity contribution in [3.8, 4) is 0 Å². The third kappa shape index (κ3) is 2.98. The third-order valence-corrected chi connectivity index (χ3v) is 5.56. The molecule has 126 valence electrons. The summed E-state index contributed by atoms with van der Waals surface area (Å²) < 4.78 is 5.31. The molecule has 1 aliphatic carbocycles. The summed E-state index contributed by atoms with van der Waals surface area (Å²) in [5, 5.41) is 14.5. The van der Waals surface area contributed by atoms with E-state index in [1.165, 1.54) is 11.3 Å².